The number of benzene rings is 2. The van der Waals surface area contributed by atoms with E-state index >= 15 is 0 Å². The molecule has 0 saturated carbocycles. The van der Waals surface area contributed by atoms with Crippen molar-refractivity contribution in [1.29, 1.82) is 0 Å². The summed E-state index contributed by atoms with van der Waals surface area (Å²) in [5.74, 6) is -0.556. The lowest BCUT2D eigenvalue weighted by atomic mass is 10.0. The third kappa shape index (κ3) is 3.14. The number of aliphatic hydroxyl groups is 1. The molecular weight excluding hydrogens is 422 g/mol. The number of halogens is 5. The summed E-state index contributed by atoms with van der Waals surface area (Å²) in [6, 6.07) is 7.68. The van der Waals surface area contributed by atoms with Crippen LogP contribution in [0.25, 0.3) is 0 Å². The van der Waals surface area contributed by atoms with Gasteiger partial charge in [0, 0.05) is 20.1 Å². The number of aliphatic hydroxyl groups excluding tert-OH is 1. The first-order valence-electron chi connectivity index (χ1n) is 5.18. The van der Waals surface area contributed by atoms with Crippen LogP contribution in [-0.4, -0.2) is 5.11 Å². The van der Waals surface area contributed by atoms with Gasteiger partial charge in [0.2, 0.25) is 0 Å². The largest absolute Gasteiger partial charge is 0.383 e. The molecule has 0 saturated heterocycles. The van der Waals surface area contributed by atoms with E-state index in [0.29, 0.717) is 24.6 Å². The summed E-state index contributed by atoms with van der Waals surface area (Å²) < 4.78 is 15.0. The molecule has 6 heteroatoms. The molecule has 100 valence electrons. The molecule has 0 fully saturated rings. The molecule has 0 aliphatic carbocycles. The second kappa shape index (κ2) is 6.10. The standard InChI is InChI=1S/C13H7Br2Cl2FO/c14-8-3-1-2-6(12(8)17)13(19)7-4-10(16)9(15)5-11(7)18/h1-5,13,19H. The molecule has 1 nitrogen and oxygen atoms in total. The average Bonchev–Trinajstić information content (AvgIpc) is 2.36. The van der Waals surface area contributed by atoms with E-state index in [9.17, 15) is 9.50 Å². The van der Waals surface area contributed by atoms with Gasteiger partial charge in [0.05, 0.1) is 10.0 Å². The monoisotopic (exact) mass is 426 g/mol. The minimum absolute atomic E-state index is 0.0770. The van der Waals surface area contributed by atoms with E-state index in [1.165, 1.54) is 12.1 Å². The zero-order valence-electron chi connectivity index (χ0n) is 9.30. The van der Waals surface area contributed by atoms with Gasteiger partial charge in [0.15, 0.2) is 0 Å². The highest BCUT2D eigenvalue weighted by Gasteiger charge is 2.20. The Morgan fingerprint density at radius 1 is 1.05 bits per heavy atom. The first-order chi connectivity index (χ1) is 8.91. The summed E-state index contributed by atoms with van der Waals surface area (Å²) in [5, 5.41) is 10.9. The Labute approximate surface area is 136 Å². The molecule has 0 spiro atoms. The van der Waals surface area contributed by atoms with Crippen molar-refractivity contribution in [1.82, 2.24) is 0 Å². The third-order valence-electron chi connectivity index (χ3n) is 2.61. The van der Waals surface area contributed by atoms with Crippen molar-refractivity contribution < 1.29 is 9.50 Å². The van der Waals surface area contributed by atoms with Crippen LogP contribution < -0.4 is 0 Å². The first-order valence-corrected chi connectivity index (χ1v) is 7.52. The van der Waals surface area contributed by atoms with Crippen LogP contribution in [0.5, 0.6) is 0 Å². The van der Waals surface area contributed by atoms with Gasteiger partial charge in [-0.15, -0.1) is 0 Å². The van der Waals surface area contributed by atoms with Gasteiger partial charge in [-0.1, -0.05) is 35.3 Å². The van der Waals surface area contributed by atoms with E-state index in [4.69, 9.17) is 23.2 Å². The van der Waals surface area contributed by atoms with Crippen LogP contribution in [0.3, 0.4) is 0 Å². The molecule has 0 aliphatic heterocycles. The predicted molar refractivity (Wildman–Crippen MR) is 82.3 cm³/mol. The summed E-state index contributed by atoms with van der Waals surface area (Å²) in [6.45, 7) is 0. The lowest BCUT2D eigenvalue weighted by Crippen LogP contribution is -2.04. The van der Waals surface area contributed by atoms with Crippen LogP contribution >= 0.6 is 55.1 Å². The van der Waals surface area contributed by atoms with E-state index < -0.39 is 11.9 Å². The van der Waals surface area contributed by atoms with Crippen molar-refractivity contribution in [3.8, 4) is 0 Å². The molecule has 1 atom stereocenters. The zero-order chi connectivity index (χ0) is 14.2. The Hall–Kier alpha value is -0.130. The quantitative estimate of drug-likeness (QED) is 0.605. The van der Waals surface area contributed by atoms with Crippen LogP contribution in [0.2, 0.25) is 10.0 Å². The van der Waals surface area contributed by atoms with Crippen LogP contribution in [0.4, 0.5) is 4.39 Å². The minimum atomic E-state index is -1.18. The maximum Gasteiger partial charge on any atom is 0.130 e. The Morgan fingerprint density at radius 3 is 2.42 bits per heavy atom. The second-order valence-corrected chi connectivity index (χ2v) is 6.33. The van der Waals surface area contributed by atoms with E-state index in [2.05, 4.69) is 31.9 Å². The zero-order valence-corrected chi connectivity index (χ0v) is 14.0. The summed E-state index contributed by atoms with van der Waals surface area (Å²) in [4.78, 5) is 0. The molecule has 0 heterocycles. The van der Waals surface area contributed by atoms with Gasteiger partial charge in [-0.2, -0.15) is 0 Å². The highest BCUT2D eigenvalue weighted by atomic mass is 79.9. The number of rotatable bonds is 2. The summed E-state index contributed by atoms with van der Waals surface area (Å²) in [6.07, 6.45) is -1.18. The molecule has 0 aromatic heterocycles. The van der Waals surface area contributed by atoms with E-state index in [1.807, 2.05) is 0 Å². The highest BCUT2D eigenvalue weighted by molar-refractivity contribution is 9.10. The van der Waals surface area contributed by atoms with Gasteiger partial charge in [0.25, 0.3) is 0 Å². The Balaban J connectivity index is 2.53. The molecule has 1 unspecified atom stereocenters. The SMILES string of the molecule is OC(c1cc(Cl)c(Br)cc1F)c1cccc(Br)c1Cl. The van der Waals surface area contributed by atoms with Gasteiger partial charge < -0.3 is 5.11 Å². The molecule has 0 aliphatic rings. The van der Waals surface area contributed by atoms with Crippen molar-refractivity contribution in [2.45, 2.75) is 6.10 Å². The molecule has 1 N–H and O–H groups in total. The van der Waals surface area contributed by atoms with Gasteiger partial charge in [-0.25, -0.2) is 4.39 Å². The molecule has 0 bridgehead atoms. The number of hydrogen-bond acceptors (Lipinski definition) is 1. The van der Waals surface area contributed by atoms with E-state index in [0.717, 1.165) is 0 Å². The van der Waals surface area contributed by atoms with Gasteiger partial charge in [0.1, 0.15) is 11.9 Å². The van der Waals surface area contributed by atoms with Crippen molar-refractivity contribution in [3.05, 3.63) is 66.3 Å². The Morgan fingerprint density at radius 2 is 1.74 bits per heavy atom. The van der Waals surface area contributed by atoms with Crippen molar-refractivity contribution in [3.63, 3.8) is 0 Å². The minimum Gasteiger partial charge on any atom is -0.383 e. The second-order valence-electron chi connectivity index (χ2n) is 3.83. The molecule has 2 aromatic rings. The van der Waals surface area contributed by atoms with Crippen LogP contribution in [0.15, 0.2) is 39.3 Å². The number of hydrogen-bond donors (Lipinski definition) is 1. The normalized spacial score (nSPS) is 12.5. The fourth-order valence-electron chi connectivity index (χ4n) is 1.65. The smallest absolute Gasteiger partial charge is 0.130 e. The van der Waals surface area contributed by atoms with Gasteiger partial charge >= 0.3 is 0 Å². The van der Waals surface area contributed by atoms with Gasteiger partial charge in [-0.3, -0.25) is 0 Å². The maximum absolute atomic E-state index is 13.9. The average molecular weight is 429 g/mol. The highest BCUT2D eigenvalue weighted by Crippen LogP contribution is 2.36. The molecule has 0 amide bonds. The topological polar surface area (TPSA) is 20.2 Å². The van der Waals surface area contributed by atoms with Crippen LogP contribution in [0.1, 0.15) is 17.2 Å². The van der Waals surface area contributed by atoms with Crippen LogP contribution in [0, 0.1) is 5.82 Å². The molecule has 2 rings (SSSR count). The van der Waals surface area contributed by atoms with Gasteiger partial charge in [-0.05, 0) is 50.1 Å². The fourth-order valence-corrected chi connectivity index (χ4v) is 2.75. The molecule has 19 heavy (non-hydrogen) atoms. The molecule has 2 aromatic carbocycles. The van der Waals surface area contributed by atoms with E-state index in [1.54, 1.807) is 18.2 Å². The Bertz CT molecular complexity index is 634. The summed E-state index contributed by atoms with van der Waals surface area (Å²) in [7, 11) is 0. The summed E-state index contributed by atoms with van der Waals surface area (Å²) in [5.41, 5.74) is 0.488. The van der Waals surface area contributed by atoms with Crippen LogP contribution in [-0.2, 0) is 0 Å². The first kappa shape index (κ1) is 15.3. The van der Waals surface area contributed by atoms with Crippen molar-refractivity contribution >= 4 is 55.1 Å². The van der Waals surface area contributed by atoms with Crippen molar-refractivity contribution in [2.24, 2.45) is 0 Å². The molecular formula is C13H7Br2Cl2FO. The van der Waals surface area contributed by atoms with E-state index in [-0.39, 0.29) is 5.56 Å². The third-order valence-corrected chi connectivity index (χ3v) is 5.12. The van der Waals surface area contributed by atoms with Crippen molar-refractivity contribution in [2.75, 3.05) is 0 Å². The maximum atomic E-state index is 13.9. The molecule has 0 radical (unpaired) electrons. The lowest BCUT2D eigenvalue weighted by molar-refractivity contribution is 0.215. The Kier molecular flexibility index (Phi) is 4.90. The summed E-state index contributed by atoms with van der Waals surface area (Å²) >= 11 is 18.4. The predicted octanol–water partition coefficient (Wildman–Crippen LogP) is 5.74. The fraction of sp³-hybridized carbons (Fsp3) is 0.0769. The lowest BCUT2D eigenvalue weighted by Gasteiger charge is -2.15.